The van der Waals surface area contributed by atoms with Crippen LogP contribution in [0.5, 0.6) is 0 Å². The Labute approximate surface area is 122 Å². The summed E-state index contributed by atoms with van der Waals surface area (Å²) < 4.78 is 12.8. The Balaban J connectivity index is 2.47. The molecule has 1 aromatic heterocycles. The fourth-order valence-electron chi connectivity index (χ4n) is 2.13. The normalized spacial score (nSPS) is 16.7. The largest absolute Gasteiger partial charge is 0.480 e. The van der Waals surface area contributed by atoms with E-state index in [2.05, 4.69) is 4.98 Å². The zero-order chi connectivity index (χ0) is 15.5. The summed E-state index contributed by atoms with van der Waals surface area (Å²) in [6.45, 7) is 1.30. The lowest BCUT2D eigenvalue weighted by Crippen LogP contribution is -2.33. The van der Waals surface area contributed by atoms with Crippen molar-refractivity contribution in [1.29, 1.82) is 0 Å². The molecule has 2 aromatic rings. The van der Waals surface area contributed by atoms with E-state index in [0.29, 0.717) is 11.1 Å². The van der Waals surface area contributed by atoms with Crippen molar-refractivity contribution in [2.24, 2.45) is 0 Å². The molecule has 0 bridgehead atoms. The highest BCUT2D eigenvalue weighted by atomic mass is 31.2. The van der Waals surface area contributed by atoms with Gasteiger partial charge in [0.1, 0.15) is 0 Å². The number of benzene rings is 1. The van der Waals surface area contributed by atoms with Gasteiger partial charge in [0.25, 0.3) is 0 Å². The molecule has 0 aliphatic rings. The lowest BCUT2D eigenvalue weighted by Gasteiger charge is -2.30. The van der Waals surface area contributed by atoms with Gasteiger partial charge >= 0.3 is 5.97 Å². The average molecular weight is 305 g/mol. The van der Waals surface area contributed by atoms with Crippen LogP contribution in [0, 0.1) is 0 Å². The first-order valence-corrected chi connectivity index (χ1v) is 8.22. The van der Waals surface area contributed by atoms with E-state index in [0.717, 1.165) is 0 Å². The molecule has 0 saturated heterocycles. The maximum absolute atomic E-state index is 12.8. The van der Waals surface area contributed by atoms with Gasteiger partial charge in [-0.05, 0) is 30.2 Å². The lowest BCUT2D eigenvalue weighted by atomic mass is 10.0. The molecule has 5 nitrogen and oxygen atoms in total. The molecular formula is C15H16NO4P. The Hall–Kier alpha value is -1.97. The van der Waals surface area contributed by atoms with E-state index in [-0.39, 0.29) is 6.16 Å². The molecule has 6 heteroatoms. The summed E-state index contributed by atoms with van der Waals surface area (Å²) in [5, 5.41) is 7.71. The van der Waals surface area contributed by atoms with Gasteiger partial charge in [-0.1, -0.05) is 30.3 Å². The van der Waals surface area contributed by atoms with E-state index in [1.54, 1.807) is 42.5 Å². The van der Waals surface area contributed by atoms with Crippen molar-refractivity contribution in [3.05, 3.63) is 66.0 Å². The average Bonchev–Trinajstić information content (AvgIpc) is 2.47. The molecule has 0 amide bonds. The minimum absolute atomic E-state index is 0.215. The molecule has 2 rings (SSSR count). The number of rotatable bonds is 5. The number of aliphatic carboxylic acids is 1. The van der Waals surface area contributed by atoms with Gasteiger partial charge in [0.15, 0.2) is 5.16 Å². The Bertz CT molecular complexity index is 675. The van der Waals surface area contributed by atoms with Crippen molar-refractivity contribution in [3.8, 4) is 0 Å². The van der Waals surface area contributed by atoms with E-state index >= 15 is 0 Å². The van der Waals surface area contributed by atoms with E-state index in [9.17, 15) is 19.4 Å². The number of hydrogen-bond acceptors (Lipinski definition) is 3. The van der Waals surface area contributed by atoms with Crippen molar-refractivity contribution >= 4 is 13.3 Å². The highest BCUT2D eigenvalue weighted by Gasteiger charge is 2.51. The van der Waals surface area contributed by atoms with Crippen LogP contribution in [0.2, 0.25) is 0 Å². The Morgan fingerprint density at radius 3 is 2.29 bits per heavy atom. The summed E-state index contributed by atoms with van der Waals surface area (Å²) >= 11 is 0. The smallest absolute Gasteiger partial charge is 0.323 e. The summed E-state index contributed by atoms with van der Waals surface area (Å²) in [5.74, 6) is -1.31. The van der Waals surface area contributed by atoms with Crippen molar-refractivity contribution in [3.63, 3.8) is 0 Å². The molecule has 2 N–H and O–H groups in total. The molecule has 21 heavy (non-hydrogen) atoms. The molecule has 110 valence electrons. The number of carboxylic acid groups (broad SMARTS) is 1. The van der Waals surface area contributed by atoms with Gasteiger partial charge in [-0.25, -0.2) is 0 Å². The maximum atomic E-state index is 12.8. The Kier molecular flexibility index (Phi) is 4.26. The molecule has 0 saturated carbocycles. The fraction of sp³-hybridized carbons (Fsp3) is 0.200. The first-order valence-electron chi connectivity index (χ1n) is 6.37. The van der Waals surface area contributed by atoms with Gasteiger partial charge in [0.2, 0.25) is 7.37 Å². The third kappa shape index (κ3) is 2.89. The maximum Gasteiger partial charge on any atom is 0.323 e. The van der Waals surface area contributed by atoms with E-state index in [1.165, 1.54) is 19.3 Å². The molecule has 0 aliphatic heterocycles. The van der Waals surface area contributed by atoms with Crippen LogP contribution >= 0.6 is 7.37 Å². The van der Waals surface area contributed by atoms with E-state index in [1.807, 2.05) is 0 Å². The van der Waals surface area contributed by atoms with Crippen LogP contribution in [0.25, 0.3) is 0 Å². The van der Waals surface area contributed by atoms with Crippen molar-refractivity contribution in [2.45, 2.75) is 18.2 Å². The minimum Gasteiger partial charge on any atom is -0.480 e. The Morgan fingerprint density at radius 2 is 1.76 bits per heavy atom. The number of nitrogens with zero attached hydrogens (tertiary/aromatic N) is 1. The second-order valence-corrected chi connectivity index (χ2v) is 7.57. The molecule has 2 unspecified atom stereocenters. The minimum atomic E-state index is -4.04. The van der Waals surface area contributed by atoms with Crippen molar-refractivity contribution in [2.75, 3.05) is 0 Å². The molecule has 1 aromatic carbocycles. The number of hydrogen-bond donors (Lipinski definition) is 2. The molecule has 1 heterocycles. The van der Waals surface area contributed by atoms with E-state index in [4.69, 9.17) is 0 Å². The number of pyridine rings is 1. The van der Waals surface area contributed by atoms with Crippen LogP contribution in [0.15, 0.2) is 54.9 Å². The molecular weight excluding hydrogens is 289 g/mol. The molecule has 0 aliphatic carbocycles. The first-order chi connectivity index (χ1) is 9.88. The quantitative estimate of drug-likeness (QED) is 0.829. The van der Waals surface area contributed by atoms with Crippen LogP contribution in [-0.2, 0) is 20.7 Å². The van der Waals surface area contributed by atoms with Crippen LogP contribution in [-0.4, -0.2) is 21.0 Å². The highest BCUT2D eigenvalue weighted by molar-refractivity contribution is 7.59. The second kappa shape index (κ2) is 5.80. The molecule has 0 spiro atoms. The highest BCUT2D eigenvalue weighted by Crippen LogP contribution is 2.62. The molecule has 2 atom stereocenters. The third-order valence-corrected chi connectivity index (χ3v) is 6.24. The van der Waals surface area contributed by atoms with Crippen LogP contribution < -0.4 is 0 Å². The van der Waals surface area contributed by atoms with Crippen molar-refractivity contribution < 1.29 is 19.4 Å². The molecule has 0 radical (unpaired) electrons. The fourth-order valence-corrected chi connectivity index (χ4v) is 4.00. The summed E-state index contributed by atoms with van der Waals surface area (Å²) in [5.41, 5.74) is 0.900. The van der Waals surface area contributed by atoms with Crippen LogP contribution in [0.1, 0.15) is 18.1 Å². The summed E-state index contributed by atoms with van der Waals surface area (Å²) in [6, 6.07) is 11.4. The number of carboxylic acids is 1. The van der Waals surface area contributed by atoms with Gasteiger partial charge < -0.3 is 10.00 Å². The summed E-state index contributed by atoms with van der Waals surface area (Å²) in [6.07, 6.45) is 2.80. The van der Waals surface area contributed by atoms with Gasteiger partial charge in [-0.2, -0.15) is 0 Å². The second-order valence-electron chi connectivity index (χ2n) is 4.96. The zero-order valence-corrected chi connectivity index (χ0v) is 12.4. The number of carbonyl (C=O) groups is 1. The summed E-state index contributed by atoms with van der Waals surface area (Å²) in [4.78, 5) is 26.0. The van der Waals surface area contributed by atoms with E-state index < -0.39 is 18.5 Å². The summed E-state index contributed by atoms with van der Waals surface area (Å²) in [7, 11) is -4.04. The standard InChI is InChI=1S/C15H16NO4P/c1-15(14(17)18,13-5-3-2-4-6-13)21(19,20)11-12-7-9-16-10-8-12/h2-10H,11H2,1H3,(H,17,18)(H,19,20). The predicted octanol–water partition coefficient (Wildman–Crippen LogP) is 2.85. The van der Waals surface area contributed by atoms with Gasteiger partial charge in [0, 0.05) is 12.4 Å². The number of aromatic nitrogens is 1. The Morgan fingerprint density at radius 1 is 1.19 bits per heavy atom. The monoisotopic (exact) mass is 305 g/mol. The first kappa shape index (κ1) is 15.4. The zero-order valence-electron chi connectivity index (χ0n) is 11.5. The lowest BCUT2D eigenvalue weighted by molar-refractivity contribution is -0.140. The van der Waals surface area contributed by atoms with Crippen LogP contribution in [0.3, 0.4) is 0 Å². The topological polar surface area (TPSA) is 87.5 Å². The van der Waals surface area contributed by atoms with Gasteiger partial charge in [-0.15, -0.1) is 0 Å². The van der Waals surface area contributed by atoms with Gasteiger partial charge in [-0.3, -0.25) is 14.3 Å². The van der Waals surface area contributed by atoms with Crippen molar-refractivity contribution in [1.82, 2.24) is 4.98 Å². The SMILES string of the molecule is CC(C(=O)O)(c1ccccc1)P(=O)(O)Cc1ccncc1. The van der Waals surface area contributed by atoms with Crippen LogP contribution in [0.4, 0.5) is 0 Å². The van der Waals surface area contributed by atoms with Gasteiger partial charge in [0.05, 0.1) is 6.16 Å². The third-order valence-electron chi connectivity index (χ3n) is 3.60. The predicted molar refractivity (Wildman–Crippen MR) is 79.2 cm³/mol. The molecule has 0 fully saturated rings.